The van der Waals surface area contributed by atoms with Crippen LogP contribution in [0.1, 0.15) is 36.0 Å². The van der Waals surface area contributed by atoms with Gasteiger partial charge in [-0.1, -0.05) is 12.8 Å². The van der Waals surface area contributed by atoms with Gasteiger partial charge in [0.1, 0.15) is 0 Å². The van der Waals surface area contributed by atoms with Crippen molar-refractivity contribution in [2.24, 2.45) is 5.92 Å². The van der Waals surface area contributed by atoms with Crippen molar-refractivity contribution < 1.29 is 19.1 Å². The molecule has 2 saturated heterocycles. The minimum atomic E-state index is -0.0479. The van der Waals surface area contributed by atoms with Crippen LogP contribution >= 0.6 is 0 Å². The summed E-state index contributed by atoms with van der Waals surface area (Å²) in [6.45, 7) is 2.96. The lowest BCUT2D eigenvalue weighted by molar-refractivity contribution is -0.139. The molecule has 2 fully saturated rings. The molecule has 2 amide bonds. The molecule has 0 unspecified atom stereocenters. The first-order valence-corrected chi connectivity index (χ1v) is 8.70. The monoisotopic (exact) mass is 330 g/mol. The van der Waals surface area contributed by atoms with Crippen LogP contribution in [0.15, 0.2) is 18.2 Å². The molecule has 1 aromatic carbocycles. The predicted octanol–water partition coefficient (Wildman–Crippen LogP) is 1.89. The van der Waals surface area contributed by atoms with Crippen molar-refractivity contribution in [2.45, 2.75) is 25.7 Å². The number of likely N-dealkylation sites (tertiary alicyclic amines) is 2. The third-order valence-electron chi connectivity index (χ3n) is 5.06. The second-order valence-corrected chi connectivity index (χ2v) is 6.71. The van der Waals surface area contributed by atoms with E-state index >= 15 is 0 Å². The van der Waals surface area contributed by atoms with Gasteiger partial charge in [-0.15, -0.1) is 0 Å². The summed E-state index contributed by atoms with van der Waals surface area (Å²) in [5.74, 6) is 1.41. The number of hydrogen-bond acceptors (Lipinski definition) is 4. The lowest BCUT2D eigenvalue weighted by Crippen LogP contribution is -2.56. The van der Waals surface area contributed by atoms with Crippen LogP contribution in [0.25, 0.3) is 0 Å². The fourth-order valence-electron chi connectivity index (χ4n) is 3.56. The zero-order chi connectivity index (χ0) is 16.5. The smallest absolute Gasteiger partial charge is 0.254 e. The van der Waals surface area contributed by atoms with Crippen molar-refractivity contribution in [3.05, 3.63) is 23.8 Å². The van der Waals surface area contributed by atoms with Crippen LogP contribution in [0.2, 0.25) is 0 Å². The Hall–Kier alpha value is -2.24. The summed E-state index contributed by atoms with van der Waals surface area (Å²) in [6, 6.07) is 5.23. The molecular formula is C18H22N2O4. The average Bonchev–Trinajstić information content (AvgIpc) is 2.84. The highest BCUT2D eigenvalue weighted by Crippen LogP contribution is 2.33. The van der Waals surface area contributed by atoms with Gasteiger partial charge in [0.2, 0.25) is 12.7 Å². The summed E-state index contributed by atoms with van der Waals surface area (Å²) in [4.78, 5) is 28.8. The normalized spacial score (nSPS) is 20.5. The van der Waals surface area contributed by atoms with Crippen LogP contribution < -0.4 is 9.47 Å². The van der Waals surface area contributed by atoms with Gasteiger partial charge >= 0.3 is 0 Å². The molecule has 24 heavy (non-hydrogen) atoms. The van der Waals surface area contributed by atoms with Crippen molar-refractivity contribution in [2.75, 3.05) is 33.0 Å². The summed E-state index contributed by atoms with van der Waals surface area (Å²) >= 11 is 0. The van der Waals surface area contributed by atoms with E-state index in [1.807, 2.05) is 4.90 Å². The molecule has 0 bridgehead atoms. The van der Waals surface area contributed by atoms with Crippen molar-refractivity contribution in [3.63, 3.8) is 0 Å². The Balaban J connectivity index is 1.35. The third-order valence-corrected chi connectivity index (χ3v) is 5.06. The SMILES string of the molecule is O=C(c1ccc2c(c1)OCO2)N1CC(C(=O)N2CCCCCC2)C1. The van der Waals surface area contributed by atoms with E-state index in [-0.39, 0.29) is 24.5 Å². The molecule has 3 aliphatic rings. The fraction of sp³-hybridized carbons (Fsp3) is 0.556. The number of carbonyl (C=O) groups excluding carboxylic acids is 2. The highest BCUT2D eigenvalue weighted by atomic mass is 16.7. The van der Waals surface area contributed by atoms with Crippen LogP contribution in [0.5, 0.6) is 11.5 Å². The maximum atomic E-state index is 12.5. The van der Waals surface area contributed by atoms with Gasteiger partial charge < -0.3 is 19.3 Å². The molecule has 128 valence electrons. The minimum absolute atomic E-state index is 0.0407. The average molecular weight is 330 g/mol. The molecule has 0 spiro atoms. The Kier molecular flexibility index (Phi) is 4.04. The summed E-state index contributed by atoms with van der Waals surface area (Å²) in [5, 5.41) is 0. The van der Waals surface area contributed by atoms with Gasteiger partial charge in [-0.25, -0.2) is 0 Å². The minimum Gasteiger partial charge on any atom is -0.454 e. The highest BCUT2D eigenvalue weighted by molar-refractivity contribution is 5.96. The molecule has 3 aliphatic heterocycles. The second-order valence-electron chi connectivity index (χ2n) is 6.71. The highest BCUT2D eigenvalue weighted by Gasteiger charge is 2.38. The van der Waals surface area contributed by atoms with Crippen molar-refractivity contribution in [3.8, 4) is 11.5 Å². The molecule has 0 atom stereocenters. The molecule has 0 radical (unpaired) electrons. The van der Waals surface area contributed by atoms with Crippen molar-refractivity contribution >= 4 is 11.8 Å². The largest absolute Gasteiger partial charge is 0.454 e. The molecule has 6 heteroatoms. The van der Waals surface area contributed by atoms with E-state index in [9.17, 15) is 9.59 Å². The first-order chi connectivity index (χ1) is 11.7. The predicted molar refractivity (Wildman–Crippen MR) is 87.0 cm³/mol. The molecular weight excluding hydrogens is 308 g/mol. The Morgan fingerprint density at radius 3 is 2.38 bits per heavy atom. The molecule has 0 aliphatic carbocycles. The van der Waals surface area contributed by atoms with Gasteiger partial charge in [0, 0.05) is 31.7 Å². The Labute approximate surface area is 141 Å². The van der Waals surface area contributed by atoms with Gasteiger partial charge in [0.05, 0.1) is 5.92 Å². The van der Waals surface area contributed by atoms with Gasteiger partial charge in [-0.2, -0.15) is 0 Å². The van der Waals surface area contributed by atoms with Crippen LogP contribution in [0.3, 0.4) is 0 Å². The number of rotatable bonds is 2. The van der Waals surface area contributed by atoms with Gasteiger partial charge in [-0.05, 0) is 31.0 Å². The van der Waals surface area contributed by atoms with E-state index in [2.05, 4.69) is 0 Å². The molecule has 4 rings (SSSR count). The maximum Gasteiger partial charge on any atom is 0.254 e. The number of carbonyl (C=O) groups is 2. The molecule has 0 saturated carbocycles. The number of amides is 2. The second kappa shape index (κ2) is 6.34. The van der Waals surface area contributed by atoms with Crippen LogP contribution in [-0.2, 0) is 4.79 Å². The Morgan fingerprint density at radius 1 is 0.917 bits per heavy atom. The zero-order valence-corrected chi connectivity index (χ0v) is 13.7. The first-order valence-electron chi connectivity index (χ1n) is 8.70. The zero-order valence-electron chi connectivity index (χ0n) is 13.7. The molecule has 3 heterocycles. The Bertz CT molecular complexity index is 646. The number of ether oxygens (including phenoxy) is 2. The van der Waals surface area contributed by atoms with Crippen LogP contribution in [-0.4, -0.2) is 54.6 Å². The van der Waals surface area contributed by atoms with E-state index in [1.54, 1.807) is 23.1 Å². The van der Waals surface area contributed by atoms with E-state index in [0.717, 1.165) is 25.9 Å². The lowest BCUT2D eigenvalue weighted by atomic mass is 9.97. The van der Waals surface area contributed by atoms with Gasteiger partial charge in [0.25, 0.3) is 5.91 Å². The van der Waals surface area contributed by atoms with Crippen LogP contribution in [0.4, 0.5) is 0 Å². The maximum absolute atomic E-state index is 12.5. The van der Waals surface area contributed by atoms with Crippen molar-refractivity contribution in [1.82, 2.24) is 9.80 Å². The number of benzene rings is 1. The van der Waals surface area contributed by atoms with E-state index in [1.165, 1.54) is 12.8 Å². The summed E-state index contributed by atoms with van der Waals surface area (Å²) in [7, 11) is 0. The van der Waals surface area contributed by atoms with Gasteiger partial charge in [0.15, 0.2) is 11.5 Å². The fourth-order valence-corrected chi connectivity index (χ4v) is 3.56. The third kappa shape index (κ3) is 2.81. The van der Waals surface area contributed by atoms with Crippen LogP contribution in [0, 0.1) is 5.92 Å². The molecule has 1 aromatic rings. The summed E-state index contributed by atoms with van der Waals surface area (Å²) in [5.41, 5.74) is 0.583. The number of fused-ring (bicyclic) bond motifs is 1. The summed E-state index contributed by atoms with van der Waals surface area (Å²) in [6.07, 6.45) is 4.61. The molecule has 0 aromatic heterocycles. The van der Waals surface area contributed by atoms with Gasteiger partial charge in [-0.3, -0.25) is 9.59 Å². The molecule has 0 N–H and O–H groups in total. The van der Waals surface area contributed by atoms with E-state index in [0.29, 0.717) is 30.2 Å². The van der Waals surface area contributed by atoms with Crippen molar-refractivity contribution in [1.29, 1.82) is 0 Å². The number of hydrogen-bond donors (Lipinski definition) is 0. The van der Waals surface area contributed by atoms with E-state index in [4.69, 9.17) is 9.47 Å². The quantitative estimate of drug-likeness (QED) is 0.831. The first kappa shape index (κ1) is 15.3. The Morgan fingerprint density at radius 2 is 1.62 bits per heavy atom. The summed E-state index contributed by atoms with van der Waals surface area (Å²) < 4.78 is 10.6. The number of nitrogens with zero attached hydrogens (tertiary/aromatic N) is 2. The standard InChI is InChI=1S/C18H22N2O4/c21-17(13-5-6-15-16(9-13)24-12-23-15)20-10-14(11-20)18(22)19-7-3-1-2-4-8-19/h5-6,9,14H,1-4,7-8,10-12H2. The topological polar surface area (TPSA) is 59.1 Å². The lowest BCUT2D eigenvalue weighted by Gasteiger charge is -2.40. The van der Waals surface area contributed by atoms with E-state index < -0.39 is 0 Å². The molecule has 6 nitrogen and oxygen atoms in total.